The Kier molecular flexibility index (Phi) is 7.96. The van der Waals surface area contributed by atoms with Gasteiger partial charge in [-0.2, -0.15) is 5.10 Å². The number of nitrogens with one attached hydrogen (secondary N) is 1. The Morgan fingerprint density at radius 1 is 0.921 bits per heavy atom. The molecule has 1 heterocycles. The van der Waals surface area contributed by atoms with Gasteiger partial charge >= 0.3 is 0 Å². The number of methoxy groups -OCH3 is 1. The zero-order chi connectivity index (χ0) is 27.3. The minimum absolute atomic E-state index is 0.0750. The molecule has 196 valence electrons. The van der Waals surface area contributed by atoms with Crippen LogP contribution < -0.4 is 10.1 Å². The number of nitrogens with zero attached hydrogens (tertiary/aromatic N) is 3. The predicted octanol–water partition coefficient (Wildman–Crippen LogP) is 5.95. The molecule has 0 atom stereocenters. The number of hydrogen-bond acceptors (Lipinski definition) is 4. The second-order valence-corrected chi connectivity index (χ2v) is 10.1. The highest BCUT2D eigenvalue weighted by Gasteiger charge is 2.23. The van der Waals surface area contributed by atoms with E-state index in [0.717, 1.165) is 28.3 Å². The Bertz CT molecular complexity index is 1390. The third-order valence-corrected chi connectivity index (χ3v) is 6.30. The van der Waals surface area contributed by atoms with E-state index in [2.05, 4.69) is 26.1 Å². The summed E-state index contributed by atoms with van der Waals surface area (Å²) in [7, 11) is 1.62. The number of aromatic nitrogens is 2. The Morgan fingerprint density at radius 3 is 2.13 bits per heavy atom. The van der Waals surface area contributed by atoms with E-state index >= 15 is 0 Å². The molecule has 0 aliphatic carbocycles. The van der Waals surface area contributed by atoms with Gasteiger partial charge in [0, 0.05) is 23.6 Å². The van der Waals surface area contributed by atoms with Gasteiger partial charge in [-0.15, -0.1) is 0 Å². The maximum Gasteiger partial charge on any atom is 0.254 e. The van der Waals surface area contributed by atoms with Crippen molar-refractivity contribution in [2.75, 3.05) is 25.5 Å². The standard InChI is InChI=1S/C31H34N4O3/c1-6-34(30(37)24-14-12-23(13-15-24)22-10-8-7-9-11-22)21-29(36)32-28-20-27(31(2,3)4)33-35(28)25-16-18-26(38-5)19-17-25/h7-20H,6,21H2,1-5H3,(H,32,36). The summed E-state index contributed by atoms with van der Waals surface area (Å²) in [5.41, 5.74) is 4.07. The van der Waals surface area contributed by atoms with Gasteiger partial charge in [-0.3, -0.25) is 9.59 Å². The highest BCUT2D eigenvalue weighted by atomic mass is 16.5. The highest BCUT2D eigenvalue weighted by Crippen LogP contribution is 2.27. The number of carbonyl (C=O) groups is 2. The van der Waals surface area contributed by atoms with Crippen molar-refractivity contribution >= 4 is 17.6 Å². The van der Waals surface area contributed by atoms with Crippen molar-refractivity contribution in [1.82, 2.24) is 14.7 Å². The Hall–Kier alpha value is -4.39. The van der Waals surface area contributed by atoms with Crippen LogP contribution in [0.25, 0.3) is 16.8 Å². The normalized spacial score (nSPS) is 11.2. The van der Waals surface area contributed by atoms with Crippen molar-refractivity contribution in [3.05, 3.63) is 96.2 Å². The summed E-state index contributed by atoms with van der Waals surface area (Å²) in [5, 5.41) is 7.72. The van der Waals surface area contributed by atoms with Gasteiger partial charge < -0.3 is 15.0 Å². The number of rotatable bonds is 8. The largest absolute Gasteiger partial charge is 0.497 e. The average molecular weight is 511 g/mol. The van der Waals surface area contributed by atoms with E-state index in [1.54, 1.807) is 23.9 Å². The van der Waals surface area contributed by atoms with Crippen molar-refractivity contribution in [2.24, 2.45) is 0 Å². The van der Waals surface area contributed by atoms with Gasteiger partial charge in [0.2, 0.25) is 5.91 Å². The molecule has 38 heavy (non-hydrogen) atoms. The third kappa shape index (κ3) is 6.11. The second kappa shape index (κ2) is 11.3. The molecule has 1 aromatic heterocycles. The highest BCUT2D eigenvalue weighted by molar-refractivity contribution is 5.99. The number of ether oxygens (including phenoxy) is 1. The lowest BCUT2D eigenvalue weighted by atomic mass is 9.92. The van der Waals surface area contributed by atoms with Gasteiger partial charge in [0.15, 0.2) is 0 Å². The summed E-state index contributed by atoms with van der Waals surface area (Å²) in [5.74, 6) is 0.787. The first kappa shape index (κ1) is 26.7. The van der Waals surface area contributed by atoms with Crippen LogP contribution in [-0.2, 0) is 10.2 Å². The Balaban J connectivity index is 1.51. The third-order valence-electron chi connectivity index (χ3n) is 6.30. The fourth-order valence-corrected chi connectivity index (χ4v) is 4.06. The molecule has 7 heteroatoms. The monoisotopic (exact) mass is 510 g/mol. The van der Waals surface area contributed by atoms with Crippen LogP contribution in [0.15, 0.2) is 84.9 Å². The van der Waals surface area contributed by atoms with Gasteiger partial charge in [-0.25, -0.2) is 4.68 Å². The van der Waals surface area contributed by atoms with E-state index in [4.69, 9.17) is 9.84 Å². The van der Waals surface area contributed by atoms with Gasteiger partial charge in [0.25, 0.3) is 5.91 Å². The van der Waals surface area contributed by atoms with Crippen LogP contribution in [-0.4, -0.2) is 46.7 Å². The van der Waals surface area contributed by atoms with Crippen LogP contribution in [0.1, 0.15) is 43.7 Å². The number of benzene rings is 3. The van der Waals surface area contributed by atoms with Gasteiger partial charge in [-0.1, -0.05) is 63.2 Å². The molecule has 4 rings (SSSR count). The number of amides is 2. The smallest absolute Gasteiger partial charge is 0.254 e. The molecule has 0 spiro atoms. The molecule has 0 fully saturated rings. The molecule has 0 bridgehead atoms. The van der Waals surface area contributed by atoms with Crippen LogP contribution in [0.2, 0.25) is 0 Å². The number of likely N-dealkylation sites (N-methyl/N-ethyl adjacent to an activating group) is 1. The van der Waals surface area contributed by atoms with Gasteiger partial charge in [0.05, 0.1) is 18.5 Å². The fraction of sp³-hybridized carbons (Fsp3) is 0.258. The lowest BCUT2D eigenvalue weighted by molar-refractivity contribution is -0.116. The number of hydrogen-bond donors (Lipinski definition) is 1. The quantitative estimate of drug-likeness (QED) is 0.318. The lowest BCUT2D eigenvalue weighted by Gasteiger charge is -2.21. The maximum atomic E-state index is 13.2. The van der Waals surface area contributed by atoms with Gasteiger partial charge in [-0.05, 0) is 54.4 Å². The summed E-state index contributed by atoms with van der Waals surface area (Å²) in [4.78, 5) is 27.9. The molecule has 0 aliphatic heterocycles. The first-order chi connectivity index (χ1) is 18.2. The molecule has 0 saturated heterocycles. The molecule has 0 unspecified atom stereocenters. The second-order valence-electron chi connectivity index (χ2n) is 10.1. The van der Waals surface area contributed by atoms with Crippen LogP contribution >= 0.6 is 0 Å². The van der Waals surface area contributed by atoms with E-state index in [9.17, 15) is 9.59 Å². The van der Waals surface area contributed by atoms with Crippen LogP contribution in [0.5, 0.6) is 5.75 Å². The maximum absolute atomic E-state index is 13.2. The van der Waals surface area contributed by atoms with Crippen LogP contribution in [0, 0.1) is 0 Å². The lowest BCUT2D eigenvalue weighted by Crippen LogP contribution is -2.38. The van der Waals surface area contributed by atoms with E-state index < -0.39 is 0 Å². The number of carbonyl (C=O) groups excluding carboxylic acids is 2. The summed E-state index contributed by atoms with van der Waals surface area (Å²) in [6, 6.07) is 26.8. The minimum atomic E-state index is -0.295. The SMILES string of the molecule is CCN(CC(=O)Nc1cc(C(C)(C)C)nn1-c1ccc(OC)cc1)C(=O)c1ccc(-c2ccccc2)cc1. The predicted molar refractivity (Wildman–Crippen MR) is 151 cm³/mol. The molecule has 0 aliphatic rings. The first-order valence-electron chi connectivity index (χ1n) is 12.7. The average Bonchev–Trinajstić information content (AvgIpc) is 3.36. The first-order valence-corrected chi connectivity index (χ1v) is 12.7. The molecular formula is C31H34N4O3. The van der Waals surface area contributed by atoms with Gasteiger partial charge in [0.1, 0.15) is 18.1 Å². The zero-order valence-electron chi connectivity index (χ0n) is 22.6. The summed E-state index contributed by atoms with van der Waals surface area (Å²) < 4.78 is 6.97. The summed E-state index contributed by atoms with van der Waals surface area (Å²) in [6.07, 6.45) is 0. The van der Waals surface area contributed by atoms with E-state index in [1.165, 1.54) is 4.90 Å². The van der Waals surface area contributed by atoms with E-state index in [-0.39, 0.29) is 23.8 Å². The molecule has 0 radical (unpaired) electrons. The van der Waals surface area contributed by atoms with Crippen molar-refractivity contribution in [3.63, 3.8) is 0 Å². The molecule has 7 nitrogen and oxygen atoms in total. The van der Waals surface area contributed by atoms with Crippen molar-refractivity contribution < 1.29 is 14.3 Å². The molecule has 0 saturated carbocycles. The van der Waals surface area contributed by atoms with Crippen molar-refractivity contribution in [2.45, 2.75) is 33.1 Å². The Labute approximate surface area is 224 Å². The van der Waals surface area contributed by atoms with Crippen molar-refractivity contribution in [1.29, 1.82) is 0 Å². The molecule has 2 amide bonds. The zero-order valence-corrected chi connectivity index (χ0v) is 22.6. The number of anilines is 1. The van der Waals surface area contributed by atoms with E-state index in [1.807, 2.05) is 79.7 Å². The molecule has 1 N–H and O–H groups in total. The van der Waals surface area contributed by atoms with Crippen LogP contribution in [0.3, 0.4) is 0 Å². The topological polar surface area (TPSA) is 76.5 Å². The fourth-order valence-electron chi connectivity index (χ4n) is 4.06. The summed E-state index contributed by atoms with van der Waals surface area (Å²) in [6.45, 7) is 8.40. The van der Waals surface area contributed by atoms with Crippen LogP contribution in [0.4, 0.5) is 5.82 Å². The molecule has 4 aromatic rings. The Morgan fingerprint density at radius 2 is 1.55 bits per heavy atom. The minimum Gasteiger partial charge on any atom is -0.497 e. The van der Waals surface area contributed by atoms with Crippen molar-refractivity contribution in [3.8, 4) is 22.6 Å². The summed E-state index contributed by atoms with van der Waals surface area (Å²) >= 11 is 0. The molecular weight excluding hydrogens is 476 g/mol. The molecule has 3 aromatic carbocycles. The van der Waals surface area contributed by atoms with E-state index in [0.29, 0.717) is 17.9 Å².